The second-order valence-corrected chi connectivity index (χ2v) is 5.18. The van der Waals surface area contributed by atoms with Gasteiger partial charge in [-0.15, -0.1) is 17.9 Å². The molecule has 1 heterocycles. The highest BCUT2D eigenvalue weighted by Gasteiger charge is 2.13. The SMILES string of the molecule is C=CCNc1nc(C(=O)OCc2ccccc2OCC)cs1. The number of aromatic nitrogens is 1. The molecule has 0 atom stereocenters. The smallest absolute Gasteiger partial charge is 0.358 e. The number of esters is 1. The van der Waals surface area contributed by atoms with Crippen LogP contribution in [-0.2, 0) is 11.3 Å². The van der Waals surface area contributed by atoms with Crippen LogP contribution >= 0.6 is 11.3 Å². The number of anilines is 1. The molecule has 1 aromatic carbocycles. The molecule has 5 nitrogen and oxygen atoms in total. The maximum Gasteiger partial charge on any atom is 0.358 e. The summed E-state index contributed by atoms with van der Waals surface area (Å²) in [5.41, 5.74) is 1.13. The molecule has 1 aromatic heterocycles. The molecule has 0 radical (unpaired) electrons. The lowest BCUT2D eigenvalue weighted by Crippen LogP contribution is -2.07. The molecule has 0 amide bonds. The van der Waals surface area contributed by atoms with Crippen molar-refractivity contribution in [3.63, 3.8) is 0 Å². The lowest BCUT2D eigenvalue weighted by Gasteiger charge is -2.09. The first-order valence-electron chi connectivity index (χ1n) is 6.92. The van der Waals surface area contributed by atoms with E-state index in [0.717, 1.165) is 11.3 Å². The Bertz CT molecular complexity index is 640. The topological polar surface area (TPSA) is 60.5 Å². The number of para-hydroxylation sites is 1. The highest BCUT2D eigenvalue weighted by Crippen LogP contribution is 2.20. The zero-order valence-electron chi connectivity index (χ0n) is 12.4. The van der Waals surface area contributed by atoms with Crippen molar-refractivity contribution in [3.8, 4) is 5.75 Å². The van der Waals surface area contributed by atoms with Gasteiger partial charge in [-0.25, -0.2) is 9.78 Å². The molecular formula is C16H18N2O3S. The summed E-state index contributed by atoms with van der Waals surface area (Å²) >= 11 is 1.36. The van der Waals surface area contributed by atoms with Gasteiger partial charge in [0.25, 0.3) is 0 Å². The van der Waals surface area contributed by atoms with Gasteiger partial charge in [-0.3, -0.25) is 0 Å². The van der Waals surface area contributed by atoms with E-state index in [4.69, 9.17) is 9.47 Å². The number of carbonyl (C=O) groups is 1. The van der Waals surface area contributed by atoms with E-state index in [9.17, 15) is 4.79 Å². The van der Waals surface area contributed by atoms with E-state index in [1.165, 1.54) is 11.3 Å². The summed E-state index contributed by atoms with van der Waals surface area (Å²) in [6, 6.07) is 7.49. The molecule has 0 spiro atoms. The standard InChI is InChI=1S/C16H18N2O3S/c1-3-9-17-16-18-13(11-22-16)15(19)21-10-12-7-5-6-8-14(12)20-4-2/h3,5-8,11H,1,4,9-10H2,2H3,(H,17,18). The Morgan fingerprint density at radius 3 is 3.05 bits per heavy atom. The molecular weight excluding hydrogens is 300 g/mol. The van der Waals surface area contributed by atoms with Crippen molar-refractivity contribution in [1.29, 1.82) is 0 Å². The van der Waals surface area contributed by atoms with Gasteiger partial charge in [-0.2, -0.15) is 0 Å². The first kappa shape index (κ1) is 16.0. The molecule has 0 saturated heterocycles. The van der Waals surface area contributed by atoms with E-state index in [1.807, 2.05) is 31.2 Å². The Morgan fingerprint density at radius 2 is 2.27 bits per heavy atom. The van der Waals surface area contributed by atoms with Crippen molar-refractivity contribution in [2.45, 2.75) is 13.5 Å². The van der Waals surface area contributed by atoms with E-state index in [-0.39, 0.29) is 6.61 Å². The summed E-state index contributed by atoms with van der Waals surface area (Å²) < 4.78 is 10.8. The lowest BCUT2D eigenvalue weighted by atomic mass is 10.2. The normalized spacial score (nSPS) is 10.0. The van der Waals surface area contributed by atoms with Gasteiger partial charge in [0.05, 0.1) is 6.61 Å². The van der Waals surface area contributed by atoms with Crippen LogP contribution < -0.4 is 10.1 Å². The second-order valence-electron chi connectivity index (χ2n) is 4.32. The molecule has 2 aromatic rings. The third-order valence-electron chi connectivity index (χ3n) is 2.74. The fourth-order valence-corrected chi connectivity index (χ4v) is 2.43. The maximum atomic E-state index is 12.0. The molecule has 0 aliphatic rings. The van der Waals surface area contributed by atoms with Crippen LogP contribution in [0.5, 0.6) is 5.75 Å². The number of ether oxygens (including phenoxy) is 2. The first-order valence-corrected chi connectivity index (χ1v) is 7.80. The lowest BCUT2D eigenvalue weighted by molar-refractivity contribution is 0.0464. The molecule has 2 rings (SSSR count). The largest absolute Gasteiger partial charge is 0.493 e. The molecule has 0 aliphatic carbocycles. The molecule has 0 fully saturated rings. The van der Waals surface area contributed by atoms with Crippen molar-refractivity contribution in [1.82, 2.24) is 4.98 Å². The minimum Gasteiger partial charge on any atom is -0.493 e. The van der Waals surface area contributed by atoms with Crippen LogP contribution in [0.25, 0.3) is 0 Å². The van der Waals surface area contributed by atoms with Crippen molar-refractivity contribution < 1.29 is 14.3 Å². The number of nitrogens with one attached hydrogen (secondary N) is 1. The van der Waals surface area contributed by atoms with E-state index in [0.29, 0.717) is 24.0 Å². The van der Waals surface area contributed by atoms with Crippen LogP contribution in [0.4, 0.5) is 5.13 Å². The number of nitrogens with zero attached hydrogens (tertiary/aromatic N) is 1. The Balaban J connectivity index is 1.95. The number of thiazole rings is 1. The van der Waals surface area contributed by atoms with Crippen molar-refractivity contribution >= 4 is 22.4 Å². The average molecular weight is 318 g/mol. The fourth-order valence-electron chi connectivity index (χ4n) is 1.74. The highest BCUT2D eigenvalue weighted by molar-refractivity contribution is 7.13. The average Bonchev–Trinajstić information content (AvgIpc) is 3.01. The fraction of sp³-hybridized carbons (Fsp3) is 0.250. The first-order chi connectivity index (χ1) is 10.7. The molecule has 116 valence electrons. The van der Waals surface area contributed by atoms with Gasteiger partial charge in [0.15, 0.2) is 10.8 Å². The minimum atomic E-state index is -0.450. The van der Waals surface area contributed by atoms with E-state index < -0.39 is 5.97 Å². The number of hydrogen-bond acceptors (Lipinski definition) is 6. The molecule has 6 heteroatoms. The Morgan fingerprint density at radius 1 is 1.45 bits per heavy atom. The number of rotatable bonds is 8. The van der Waals surface area contributed by atoms with Crippen LogP contribution in [0, 0.1) is 0 Å². The molecule has 22 heavy (non-hydrogen) atoms. The molecule has 1 N–H and O–H groups in total. The third-order valence-corrected chi connectivity index (χ3v) is 3.54. The monoisotopic (exact) mass is 318 g/mol. The van der Waals surface area contributed by atoms with Gasteiger partial charge >= 0.3 is 5.97 Å². The third kappa shape index (κ3) is 4.33. The van der Waals surface area contributed by atoms with Gasteiger partial charge in [0.2, 0.25) is 0 Å². The van der Waals surface area contributed by atoms with Crippen molar-refractivity contribution in [2.24, 2.45) is 0 Å². The van der Waals surface area contributed by atoms with Gasteiger partial charge in [-0.1, -0.05) is 24.3 Å². The molecule has 0 unspecified atom stereocenters. The Hall–Kier alpha value is -2.34. The van der Waals surface area contributed by atoms with Crippen molar-refractivity contribution in [2.75, 3.05) is 18.5 Å². The molecule has 0 bridgehead atoms. The van der Waals surface area contributed by atoms with E-state index >= 15 is 0 Å². The summed E-state index contributed by atoms with van der Waals surface area (Å²) in [4.78, 5) is 16.2. The summed E-state index contributed by atoms with van der Waals surface area (Å²) in [7, 11) is 0. The zero-order chi connectivity index (χ0) is 15.8. The molecule has 0 saturated carbocycles. The Kier molecular flexibility index (Phi) is 5.97. The summed E-state index contributed by atoms with van der Waals surface area (Å²) in [6.07, 6.45) is 1.73. The van der Waals surface area contributed by atoms with Gasteiger partial charge in [0.1, 0.15) is 12.4 Å². The Labute approximate surface area is 133 Å². The van der Waals surface area contributed by atoms with Crippen LogP contribution in [0.1, 0.15) is 23.0 Å². The summed E-state index contributed by atoms with van der Waals surface area (Å²) in [6.45, 7) is 6.85. The van der Waals surface area contributed by atoms with E-state index in [2.05, 4.69) is 16.9 Å². The number of carbonyl (C=O) groups excluding carboxylic acids is 1. The maximum absolute atomic E-state index is 12.0. The molecule has 0 aliphatic heterocycles. The predicted molar refractivity (Wildman–Crippen MR) is 87.5 cm³/mol. The van der Waals surface area contributed by atoms with Crippen molar-refractivity contribution in [3.05, 3.63) is 53.6 Å². The van der Waals surface area contributed by atoms with Gasteiger partial charge in [-0.05, 0) is 13.0 Å². The van der Waals surface area contributed by atoms with Crippen LogP contribution in [0.15, 0.2) is 42.3 Å². The zero-order valence-corrected chi connectivity index (χ0v) is 13.2. The van der Waals surface area contributed by atoms with Crippen LogP contribution in [0.2, 0.25) is 0 Å². The summed E-state index contributed by atoms with van der Waals surface area (Å²) in [5, 5.41) is 5.37. The van der Waals surface area contributed by atoms with Crippen LogP contribution in [-0.4, -0.2) is 24.1 Å². The van der Waals surface area contributed by atoms with Gasteiger partial charge in [0, 0.05) is 17.5 Å². The highest BCUT2D eigenvalue weighted by atomic mass is 32.1. The second kappa shape index (κ2) is 8.19. The predicted octanol–water partition coefficient (Wildman–Crippen LogP) is 3.50. The minimum absolute atomic E-state index is 0.155. The van der Waals surface area contributed by atoms with E-state index in [1.54, 1.807) is 11.5 Å². The quantitative estimate of drug-likeness (QED) is 0.596. The number of benzene rings is 1. The van der Waals surface area contributed by atoms with Gasteiger partial charge < -0.3 is 14.8 Å². The summed E-state index contributed by atoms with van der Waals surface area (Å²) in [5.74, 6) is 0.277. The number of hydrogen-bond donors (Lipinski definition) is 1. The van der Waals surface area contributed by atoms with Crippen LogP contribution in [0.3, 0.4) is 0 Å².